The van der Waals surface area contributed by atoms with E-state index in [1.807, 2.05) is 6.26 Å². The van der Waals surface area contributed by atoms with Crippen LogP contribution in [0.2, 0.25) is 0 Å². The molecule has 0 aromatic rings. The quantitative estimate of drug-likeness (QED) is 0.658. The molecule has 5 heteroatoms. The van der Waals surface area contributed by atoms with Crippen LogP contribution in [0.25, 0.3) is 0 Å². The minimum Gasteiger partial charge on any atom is -0.480 e. The fourth-order valence-corrected chi connectivity index (χ4v) is 1.16. The maximum atomic E-state index is 10.7. The second-order valence-corrected chi connectivity index (χ2v) is 3.23. The number of hydrogen-bond donors (Lipinski definition) is 2. The van der Waals surface area contributed by atoms with Gasteiger partial charge < -0.3 is 10.4 Å². The van der Waals surface area contributed by atoms with Gasteiger partial charge in [-0.15, -0.1) is 0 Å². The number of carboxylic acid groups (broad SMARTS) is 1. The van der Waals surface area contributed by atoms with E-state index in [9.17, 15) is 9.59 Å². The van der Waals surface area contributed by atoms with Crippen molar-refractivity contribution in [2.24, 2.45) is 0 Å². The van der Waals surface area contributed by atoms with Crippen molar-refractivity contribution >= 4 is 23.6 Å². The van der Waals surface area contributed by atoms with Crippen LogP contribution in [0.15, 0.2) is 0 Å². The third-order valence-corrected chi connectivity index (χ3v) is 1.89. The van der Waals surface area contributed by atoms with Gasteiger partial charge in [-0.05, 0) is 18.4 Å². The summed E-state index contributed by atoms with van der Waals surface area (Å²) in [6.07, 6.45) is 2.26. The lowest BCUT2D eigenvalue weighted by molar-refractivity contribution is -0.141. The van der Waals surface area contributed by atoms with Crippen molar-refractivity contribution in [1.82, 2.24) is 5.32 Å². The van der Waals surface area contributed by atoms with Crippen molar-refractivity contribution in [3.8, 4) is 0 Å². The molecule has 4 nitrogen and oxygen atoms in total. The molecule has 0 rings (SSSR count). The highest BCUT2D eigenvalue weighted by Gasteiger charge is 2.16. The molecule has 1 atom stereocenters. The van der Waals surface area contributed by atoms with E-state index in [1.165, 1.54) is 11.8 Å². The summed E-state index contributed by atoms with van der Waals surface area (Å²) in [5.74, 6) is -0.917. The minimum absolute atomic E-state index is 0.391. The number of carbonyl (C=O) groups is 2. The van der Waals surface area contributed by atoms with E-state index in [1.54, 1.807) is 0 Å². The van der Waals surface area contributed by atoms with Gasteiger partial charge in [-0.3, -0.25) is 4.79 Å². The van der Waals surface area contributed by atoms with Gasteiger partial charge in [0.05, 0.1) is 0 Å². The maximum absolute atomic E-state index is 10.7. The first-order valence-corrected chi connectivity index (χ1v) is 4.81. The molecule has 0 aliphatic carbocycles. The zero-order valence-electron chi connectivity index (χ0n) is 7.87. The molecule has 0 aliphatic rings. The Hall–Kier alpha value is -0.710. The van der Waals surface area contributed by atoms with E-state index in [4.69, 9.17) is 6.48 Å². The fourth-order valence-electron chi connectivity index (χ4n) is 0.687. The summed E-state index contributed by atoms with van der Waals surface area (Å²) in [4.78, 5) is 21.3. The zero-order valence-corrected chi connectivity index (χ0v) is 7.69. The topological polar surface area (TPSA) is 66.4 Å². The van der Waals surface area contributed by atoms with Crippen LogP contribution in [0.1, 0.15) is 14.7 Å². The van der Waals surface area contributed by atoms with Crippen molar-refractivity contribution in [1.29, 1.82) is 0 Å². The highest BCUT2D eigenvalue weighted by Crippen LogP contribution is 2.00. The summed E-state index contributed by atoms with van der Waals surface area (Å²) in [5, 5.41) is 10.9. The van der Waals surface area contributed by atoms with Crippen LogP contribution in [0, 0.1) is 0 Å². The average molecular weight is 192 g/mol. The van der Waals surface area contributed by atoms with E-state index in [0.29, 0.717) is 12.2 Å². The lowest BCUT2D eigenvalue weighted by Gasteiger charge is -2.11. The van der Waals surface area contributed by atoms with Gasteiger partial charge in [0.2, 0.25) is 5.91 Å². The Labute approximate surface area is 77.1 Å². The lowest BCUT2D eigenvalue weighted by atomic mass is 10.2. The Bertz CT molecular complexity index is 189. The number of nitrogens with one attached hydrogen (secondary N) is 1. The van der Waals surface area contributed by atoms with Gasteiger partial charge in [-0.2, -0.15) is 11.8 Å². The number of rotatable bonds is 5. The molecule has 2 N–H and O–H groups in total. The summed E-state index contributed by atoms with van der Waals surface area (Å²) in [5.41, 5.74) is 0. The molecule has 0 spiro atoms. The Morgan fingerprint density at radius 3 is 2.83 bits per heavy atom. The van der Waals surface area contributed by atoms with E-state index in [-0.39, 0.29) is 0 Å². The summed E-state index contributed by atoms with van der Waals surface area (Å²) in [6.45, 7) is -0.428. The van der Waals surface area contributed by atoms with Crippen molar-refractivity contribution in [2.45, 2.75) is 19.4 Å². The Kier molecular flexibility index (Phi) is 4.60. The molecular formula is C7H13NO3S. The molecule has 0 saturated carbocycles. The van der Waals surface area contributed by atoms with Crippen molar-refractivity contribution < 1.29 is 16.1 Å². The molecular weight excluding hydrogens is 178 g/mol. The predicted octanol–water partition coefficient (Wildman–Crippen LogP) is 0.329. The van der Waals surface area contributed by atoms with Crippen LogP contribution in [-0.4, -0.2) is 35.0 Å². The summed E-state index contributed by atoms with van der Waals surface area (Å²) >= 11 is 1.52. The Balaban J connectivity index is 3.94. The SMILES string of the molecule is [2H]CC(=O)N[C@@H](CCSC)C(=O)O. The van der Waals surface area contributed by atoms with Crippen LogP contribution in [-0.2, 0) is 9.59 Å². The van der Waals surface area contributed by atoms with Crippen molar-refractivity contribution in [3.63, 3.8) is 0 Å². The Morgan fingerprint density at radius 1 is 1.75 bits per heavy atom. The van der Waals surface area contributed by atoms with E-state index in [0.717, 1.165) is 0 Å². The van der Waals surface area contributed by atoms with Crippen LogP contribution < -0.4 is 5.32 Å². The second kappa shape index (κ2) is 5.88. The molecule has 0 bridgehead atoms. The smallest absolute Gasteiger partial charge is 0.326 e. The molecule has 12 heavy (non-hydrogen) atoms. The van der Waals surface area contributed by atoms with E-state index in [2.05, 4.69) is 5.32 Å². The van der Waals surface area contributed by atoms with E-state index >= 15 is 0 Å². The number of amides is 1. The van der Waals surface area contributed by atoms with Crippen LogP contribution in [0.5, 0.6) is 0 Å². The summed E-state index contributed by atoms with van der Waals surface area (Å²) in [6, 6.07) is -0.856. The molecule has 70 valence electrons. The molecule has 0 aromatic carbocycles. The van der Waals surface area contributed by atoms with Gasteiger partial charge in [0.15, 0.2) is 0 Å². The predicted molar refractivity (Wildman–Crippen MR) is 48.2 cm³/mol. The van der Waals surface area contributed by atoms with E-state index < -0.39 is 24.8 Å². The number of carbonyl (C=O) groups excluding carboxylic acids is 1. The van der Waals surface area contributed by atoms with Gasteiger partial charge in [-0.25, -0.2) is 4.79 Å². The van der Waals surface area contributed by atoms with Crippen LogP contribution in [0.4, 0.5) is 0 Å². The average Bonchev–Trinajstić information content (AvgIpc) is 2.11. The molecule has 0 heterocycles. The minimum atomic E-state index is -1.05. The molecule has 0 aromatic heterocycles. The van der Waals surface area contributed by atoms with Gasteiger partial charge >= 0.3 is 5.97 Å². The molecule has 0 aliphatic heterocycles. The van der Waals surface area contributed by atoms with Gasteiger partial charge in [-0.1, -0.05) is 0 Å². The van der Waals surface area contributed by atoms with Crippen molar-refractivity contribution in [3.05, 3.63) is 0 Å². The second-order valence-electron chi connectivity index (χ2n) is 2.24. The molecule has 0 fully saturated rings. The molecule has 0 unspecified atom stereocenters. The molecule has 1 amide bonds. The number of aliphatic carboxylic acids is 1. The zero-order chi connectivity index (χ0) is 10.3. The van der Waals surface area contributed by atoms with Gasteiger partial charge in [0, 0.05) is 8.27 Å². The number of carboxylic acids is 1. The molecule has 0 saturated heterocycles. The maximum Gasteiger partial charge on any atom is 0.326 e. The van der Waals surface area contributed by atoms with Crippen LogP contribution >= 0.6 is 11.8 Å². The number of thioether (sulfide) groups is 1. The third kappa shape index (κ3) is 5.01. The highest BCUT2D eigenvalue weighted by atomic mass is 32.2. The fraction of sp³-hybridized carbons (Fsp3) is 0.714. The standard InChI is InChI=1S/C7H13NO3S/c1-5(9)8-6(7(10)11)3-4-12-2/h6H,3-4H2,1-2H3,(H,8,9)(H,10,11)/t6-/m0/s1/i1D. The first-order valence-electron chi connectivity index (χ1n) is 4.13. The Morgan fingerprint density at radius 2 is 2.42 bits per heavy atom. The summed E-state index contributed by atoms with van der Waals surface area (Å²) in [7, 11) is 0. The molecule has 0 radical (unpaired) electrons. The summed E-state index contributed by atoms with van der Waals surface area (Å²) < 4.78 is 6.71. The monoisotopic (exact) mass is 192 g/mol. The first kappa shape index (κ1) is 9.38. The lowest BCUT2D eigenvalue weighted by Crippen LogP contribution is -2.39. The highest BCUT2D eigenvalue weighted by molar-refractivity contribution is 7.98. The van der Waals surface area contributed by atoms with Gasteiger partial charge in [0.25, 0.3) is 0 Å². The third-order valence-electron chi connectivity index (χ3n) is 1.24. The van der Waals surface area contributed by atoms with Crippen molar-refractivity contribution in [2.75, 3.05) is 12.0 Å². The normalized spacial score (nSPS) is 13.2. The van der Waals surface area contributed by atoms with Gasteiger partial charge in [0.1, 0.15) is 6.04 Å². The van der Waals surface area contributed by atoms with Crippen LogP contribution in [0.3, 0.4) is 0 Å². The largest absolute Gasteiger partial charge is 0.480 e. The number of hydrogen-bond acceptors (Lipinski definition) is 3. The first-order chi connectivity index (χ1) is 6.11.